The van der Waals surface area contributed by atoms with Crippen LogP contribution in [0.25, 0.3) is 0 Å². The van der Waals surface area contributed by atoms with Gasteiger partial charge in [-0.25, -0.2) is 4.79 Å². The van der Waals surface area contributed by atoms with Crippen molar-refractivity contribution in [3.8, 4) is 0 Å². The molecule has 0 radical (unpaired) electrons. The fourth-order valence-corrected chi connectivity index (χ4v) is 2.21. The minimum Gasteiger partial charge on any atom is -0.363 e. The number of rotatable bonds is 4. The molecule has 1 saturated heterocycles. The third-order valence-electron chi connectivity index (χ3n) is 3.20. The van der Waals surface area contributed by atoms with Crippen LogP contribution in [0, 0.1) is 0 Å². The summed E-state index contributed by atoms with van der Waals surface area (Å²) in [4.78, 5) is 27.3. The van der Waals surface area contributed by atoms with Crippen LogP contribution in [0.5, 0.6) is 0 Å². The highest BCUT2D eigenvalue weighted by Crippen LogP contribution is 2.19. The van der Waals surface area contributed by atoms with Crippen molar-refractivity contribution >= 4 is 23.4 Å². The predicted molar refractivity (Wildman–Crippen MR) is 75.9 cm³/mol. The third-order valence-corrected chi connectivity index (χ3v) is 3.20. The van der Waals surface area contributed by atoms with E-state index in [2.05, 4.69) is 15.0 Å². The standard InChI is InChI=1S/C14H14N4O3/c19-13(15-12-6-9-21-16-12)10-17-7-8-18(14(17)20)11-4-2-1-3-5-11/h1-6,9H,7-8,10H2,(H,15,16,19). The number of para-hydroxylation sites is 1. The van der Waals surface area contributed by atoms with Gasteiger partial charge in [0.1, 0.15) is 12.8 Å². The zero-order valence-electron chi connectivity index (χ0n) is 11.2. The quantitative estimate of drug-likeness (QED) is 0.925. The van der Waals surface area contributed by atoms with Gasteiger partial charge in [0.05, 0.1) is 0 Å². The topological polar surface area (TPSA) is 78.7 Å². The first kappa shape index (κ1) is 13.2. The number of anilines is 2. The zero-order chi connectivity index (χ0) is 14.7. The number of nitrogens with zero attached hydrogens (tertiary/aromatic N) is 3. The number of urea groups is 1. The van der Waals surface area contributed by atoms with Crippen LogP contribution >= 0.6 is 0 Å². The molecule has 3 amide bonds. The summed E-state index contributed by atoms with van der Waals surface area (Å²) in [6.07, 6.45) is 1.37. The lowest BCUT2D eigenvalue weighted by atomic mass is 10.3. The molecule has 1 aliphatic heterocycles. The SMILES string of the molecule is O=C(CN1CCN(c2ccccc2)C1=O)Nc1ccon1. The van der Waals surface area contributed by atoms with E-state index < -0.39 is 0 Å². The van der Waals surface area contributed by atoms with Crippen molar-refractivity contribution in [3.63, 3.8) is 0 Å². The summed E-state index contributed by atoms with van der Waals surface area (Å²) < 4.78 is 4.63. The Hall–Kier alpha value is -2.83. The largest absolute Gasteiger partial charge is 0.363 e. The first-order valence-corrected chi connectivity index (χ1v) is 6.56. The molecule has 21 heavy (non-hydrogen) atoms. The first-order chi connectivity index (χ1) is 10.2. The molecule has 0 saturated carbocycles. The van der Waals surface area contributed by atoms with Crippen molar-refractivity contribution < 1.29 is 14.1 Å². The van der Waals surface area contributed by atoms with Gasteiger partial charge in [0.15, 0.2) is 5.82 Å². The second-order valence-corrected chi connectivity index (χ2v) is 4.62. The lowest BCUT2D eigenvalue weighted by Crippen LogP contribution is -2.37. The molecule has 1 aromatic heterocycles. The number of hydrogen-bond acceptors (Lipinski definition) is 4. The molecule has 7 heteroatoms. The molecule has 0 aliphatic carbocycles. The average molecular weight is 286 g/mol. The van der Waals surface area contributed by atoms with E-state index in [1.807, 2.05) is 30.3 Å². The minimum absolute atomic E-state index is 0.00493. The third kappa shape index (κ3) is 2.86. The number of carbonyl (C=O) groups excluding carboxylic acids is 2. The molecule has 0 bridgehead atoms. The summed E-state index contributed by atoms with van der Waals surface area (Å²) in [7, 11) is 0. The summed E-state index contributed by atoms with van der Waals surface area (Å²) in [5.41, 5.74) is 0.835. The van der Waals surface area contributed by atoms with E-state index in [4.69, 9.17) is 0 Å². The molecule has 1 aromatic carbocycles. The van der Waals surface area contributed by atoms with Gasteiger partial charge in [0.25, 0.3) is 0 Å². The second kappa shape index (κ2) is 5.66. The van der Waals surface area contributed by atoms with Crippen LogP contribution in [0.3, 0.4) is 0 Å². The maximum Gasteiger partial charge on any atom is 0.325 e. The normalized spacial score (nSPS) is 14.6. The summed E-state index contributed by atoms with van der Waals surface area (Å²) in [5.74, 6) is 0.0405. The Bertz CT molecular complexity index is 627. The van der Waals surface area contributed by atoms with Crippen molar-refractivity contribution in [2.75, 3.05) is 29.9 Å². The van der Waals surface area contributed by atoms with Gasteiger partial charge < -0.3 is 14.7 Å². The van der Waals surface area contributed by atoms with Crippen LogP contribution in [0.15, 0.2) is 47.2 Å². The molecule has 1 aliphatic rings. The number of aromatic nitrogens is 1. The highest BCUT2D eigenvalue weighted by molar-refractivity contribution is 5.99. The Morgan fingerprint density at radius 3 is 2.76 bits per heavy atom. The second-order valence-electron chi connectivity index (χ2n) is 4.62. The molecule has 3 rings (SSSR count). The molecule has 7 nitrogen and oxygen atoms in total. The van der Waals surface area contributed by atoms with Crippen LogP contribution in [0.1, 0.15) is 0 Å². The van der Waals surface area contributed by atoms with E-state index in [0.29, 0.717) is 18.9 Å². The highest BCUT2D eigenvalue weighted by Gasteiger charge is 2.30. The smallest absolute Gasteiger partial charge is 0.325 e. The highest BCUT2D eigenvalue weighted by atomic mass is 16.5. The monoisotopic (exact) mass is 286 g/mol. The van der Waals surface area contributed by atoms with E-state index in [1.165, 1.54) is 11.2 Å². The van der Waals surface area contributed by atoms with E-state index in [1.54, 1.807) is 11.0 Å². The van der Waals surface area contributed by atoms with Crippen LogP contribution in [-0.2, 0) is 4.79 Å². The van der Waals surface area contributed by atoms with E-state index in [0.717, 1.165) is 5.69 Å². The fourth-order valence-electron chi connectivity index (χ4n) is 2.21. The molecule has 2 heterocycles. The van der Waals surface area contributed by atoms with Gasteiger partial charge >= 0.3 is 6.03 Å². The van der Waals surface area contributed by atoms with E-state index >= 15 is 0 Å². The summed E-state index contributed by atoms with van der Waals surface area (Å²) in [5, 5.41) is 6.16. The van der Waals surface area contributed by atoms with Crippen molar-refractivity contribution in [1.29, 1.82) is 0 Å². The molecule has 0 spiro atoms. The van der Waals surface area contributed by atoms with Crippen LogP contribution < -0.4 is 10.2 Å². The summed E-state index contributed by atoms with van der Waals surface area (Å²) >= 11 is 0. The van der Waals surface area contributed by atoms with E-state index in [-0.39, 0.29) is 18.5 Å². The van der Waals surface area contributed by atoms with Gasteiger partial charge in [-0.1, -0.05) is 23.4 Å². The Balaban J connectivity index is 1.60. The van der Waals surface area contributed by atoms with Gasteiger partial charge in [0, 0.05) is 24.8 Å². The molecule has 0 unspecified atom stereocenters. The van der Waals surface area contributed by atoms with Gasteiger partial charge in [0.2, 0.25) is 5.91 Å². The molecule has 2 aromatic rings. The van der Waals surface area contributed by atoms with Crippen LogP contribution in [0.2, 0.25) is 0 Å². The van der Waals surface area contributed by atoms with Crippen molar-refractivity contribution in [1.82, 2.24) is 10.1 Å². The first-order valence-electron chi connectivity index (χ1n) is 6.56. The maximum atomic E-state index is 12.3. The average Bonchev–Trinajstić information content (AvgIpc) is 3.11. The molecular weight excluding hydrogens is 272 g/mol. The zero-order valence-corrected chi connectivity index (χ0v) is 11.2. The Morgan fingerprint density at radius 2 is 2.05 bits per heavy atom. The number of carbonyl (C=O) groups is 2. The molecular formula is C14H14N4O3. The van der Waals surface area contributed by atoms with Crippen molar-refractivity contribution in [2.45, 2.75) is 0 Å². The Morgan fingerprint density at radius 1 is 1.24 bits per heavy atom. The number of amides is 3. The maximum absolute atomic E-state index is 12.3. The Kier molecular flexibility index (Phi) is 3.55. The summed E-state index contributed by atoms with van der Waals surface area (Å²) in [6.45, 7) is 1.08. The van der Waals surface area contributed by atoms with Gasteiger partial charge in [-0.2, -0.15) is 0 Å². The predicted octanol–water partition coefficient (Wildman–Crippen LogP) is 1.56. The molecule has 108 valence electrons. The molecule has 0 atom stereocenters. The summed E-state index contributed by atoms with van der Waals surface area (Å²) in [6, 6.07) is 10.8. The number of nitrogens with one attached hydrogen (secondary N) is 1. The minimum atomic E-state index is -0.299. The van der Waals surface area contributed by atoms with Crippen molar-refractivity contribution in [3.05, 3.63) is 42.7 Å². The molecule has 1 fully saturated rings. The van der Waals surface area contributed by atoms with Gasteiger partial charge in [-0.05, 0) is 12.1 Å². The number of benzene rings is 1. The fraction of sp³-hybridized carbons (Fsp3) is 0.214. The van der Waals surface area contributed by atoms with Crippen LogP contribution in [-0.4, -0.2) is 41.6 Å². The Labute approximate surface area is 121 Å². The van der Waals surface area contributed by atoms with Crippen molar-refractivity contribution in [2.24, 2.45) is 0 Å². The number of hydrogen-bond donors (Lipinski definition) is 1. The van der Waals surface area contributed by atoms with Gasteiger partial charge in [-0.3, -0.25) is 9.69 Å². The van der Waals surface area contributed by atoms with E-state index in [9.17, 15) is 9.59 Å². The lowest BCUT2D eigenvalue weighted by molar-refractivity contribution is -0.116. The van der Waals surface area contributed by atoms with Gasteiger partial charge in [-0.15, -0.1) is 0 Å². The lowest BCUT2D eigenvalue weighted by Gasteiger charge is -2.18. The van der Waals surface area contributed by atoms with Crippen LogP contribution in [0.4, 0.5) is 16.3 Å². The molecule has 1 N–H and O–H groups in total.